The number of hydrogen-bond acceptors (Lipinski definition) is 7. The fraction of sp³-hybridized carbons (Fsp3) is 0.636. The lowest BCUT2D eigenvalue weighted by Gasteiger charge is -2.09. The van der Waals surface area contributed by atoms with E-state index in [0.29, 0.717) is 25.7 Å². The Morgan fingerprint density at radius 1 is 1.47 bits per heavy atom. The highest BCUT2D eigenvalue weighted by Gasteiger charge is 2.23. The van der Waals surface area contributed by atoms with Gasteiger partial charge < -0.3 is 14.8 Å². The number of hydrogen-bond donors (Lipinski definition) is 1. The van der Waals surface area contributed by atoms with Crippen molar-refractivity contribution in [1.82, 2.24) is 9.97 Å². The minimum absolute atomic E-state index is 0.0643. The molecule has 0 saturated heterocycles. The van der Waals surface area contributed by atoms with Crippen molar-refractivity contribution in [3.05, 3.63) is 16.4 Å². The van der Waals surface area contributed by atoms with E-state index in [2.05, 4.69) is 15.3 Å². The van der Waals surface area contributed by atoms with Crippen LogP contribution in [0, 0.1) is 16.0 Å². The smallest absolute Gasteiger partial charge is 0.372 e. The molecule has 1 rings (SSSR count). The van der Waals surface area contributed by atoms with Crippen LogP contribution in [0.2, 0.25) is 0 Å². The summed E-state index contributed by atoms with van der Waals surface area (Å²) in [6.45, 7) is 5.62. The first kappa shape index (κ1) is 15.1. The predicted molar refractivity (Wildman–Crippen MR) is 69.4 cm³/mol. The van der Waals surface area contributed by atoms with Crippen LogP contribution < -0.4 is 10.1 Å². The molecule has 0 spiro atoms. The van der Waals surface area contributed by atoms with E-state index in [1.807, 2.05) is 13.8 Å². The largest absolute Gasteiger partial charge is 0.476 e. The van der Waals surface area contributed by atoms with E-state index in [1.165, 1.54) is 13.4 Å². The molecule has 0 bridgehead atoms. The summed E-state index contributed by atoms with van der Waals surface area (Å²) in [7, 11) is 1.32. The number of rotatable bonds is 8. The fourth-order valence-electron chi connectivity index (χ4n) is 1.37. The van der Waals surface area contributed by atoms with Crippen LogP contribution in [0.25, 0.3) is 0 Å². The Hall–Kier alpha value is -1.96. The highest BCUT2D eigenvalue weighted by Crippen LogP contribution is 2.29. The number of aromatic nitrogens is 2. The van der Waals surface area contributed by atoms with Crippen LogP contribution in [0.5, 0.6) is 5.88 Å². The lowest BCUT2D eigenvalue weighted by atomic mass is 10.2. The van der Waals surface area contributed by atoms with Crippen molar-refractivity contribution in [1.29, 1.82) is 0 Å². The van der Waals surface area contributed by atoms with E-state index in [0.717, 1.165) is 0 Å². The maximum atomic E-state index is 11.0. The zero-order valence-electron chi connectivity index (χ0n) is 11.3. The average Bonchev–Trinajstić information content (AvgIpc) is 2.37. The maximum absolute atomic E-state index is 11.0. The lowest BCUT2D eigenvalue weighted by Crippen LogP contribution is -2.14. The molecule has 8 heteroatoms. The Morgan fingerprint density at radius 2 is 2.21 bits per heavy atom. The van der Waals surface area contributed by atoms with Gasteiger partial charge in [-0.05, 0) is 5.92 Å². The number of nitro groups is 1. The number of methoxy groups -OCH3 is 1. The first-order chi connectivity index (χ1) is 9.06. The molecule has 106 valence electrons. The van der Waals surface area contributed by atoms with Gasteiger partial charge in [-0.3, -0.25) is 10.1 Å². The van der Waals surface area contributed by atoms with Gasteiger partial charge in [0.05, 0.1) is 18.6 Å². The van der Waals surface area contributed by atoms with E-state index in [-0.39, 0.29) is 17.4 Å². The summed E-state index contributed by atoms with van der Waals surface area (Å²) in [6.07, 6.45) is 1.21. The summed E-state index contributed by atoms with van der Waals surface area (Å²) in [6, 6.07) is 0. The zero-order valence-corrected chi connectivity index (χ0v) is 11.3. The van der Waals surface area contributed by atoms with Gasteiger partial charge in [0.25, 0.3) is 5.88 Å². The Bertz CT molecular complexity index is 425. The van der Waals surface area contributed by atoms with E-state index in [1.54, 1.807) is 0 Å². The summed E-state index contributed by atoms with van der Waals surface area (Å²) >= 11 is 0. The van der Waals surface area contributed by atoms with Crippen LogP contribution in [0.15, 0.2) is 6.33 Å². The molecule has 0 aliphatic heterocycles. The molecular weight excluding hydrogens is 252 g/mol. The second kappa shape index (κ2) is 7.47. The van der Waals surface area contributed by atoms with Crippen LogP contribution >= 0.6 is 0 Å². The third-order valence-corrected chi connectivity index (χ3v) is 2.15. The molecule has 8 nitrogen and oxygen atoms in total. The van der Waals surface area contributed by atoms with Crippen LogP contribution in [-0.2, 0) is 4.74 Å². The van der Waals surface area contributed by atoms with Crippen molar-refractivity contribution < 1.29 is 14.4 Å². The first-order valence-electron chi connectivity index (χ1n) is 5.91. The number of nitrogens with one attached hydrogen (secondary N) is 1. The lowest BCUT2D eigenvalue weighted by molar-refractivity contribution is -0.385. The Morgan fingerprint density at radius 3 is 2.79 bits per heavy atom. The van der Waals surface area contributed by atoms with Crippen molar-refractivity contribution >= 4 is 11.5 Å². The van der Waals surface area contributed by atoms with Crippen molar-refractivity contribution in [3.8, 4) is 5.88 Å². The van der Waals surface area contributed by atoms with Gasteiger partial charge in [0.2, 0.25) is 5.82 Å². The van der Waals surface area contributed by atoms with E-state index in [4.69, 9.17) is 9.47 Å². The minimum Gasteiger partial charge on any atom is -0.476 e. The molecule has 0 aliphatic rings. The third kappa shape index (κ3) is 4.66. The molecule has 0 unspecified atom stereocenters. The quantitative estimate of drug-likeness (QED) is 0.434. The molecule has 19 heavy (non-hydrogen) atoms. The molecule has 1 heterocycles. The van der Waals surface area contributed by atoms with Gasteiger partial charge >= 0.3 is 5.69 Å². The number of ether oxygens (including phenoxy) is 2. The van der Waals surface area contributed by atoms with Crippen molar-refractivity contribution in [2.24, 2.45) is 5.92 Å². The highest BCUT2D eigenvalue weighted by molar-refractivity contribution is 5.60. The van der Waals surface area contributed by atoms with Crippen LogP contribution in [-0.4, -0.2) is 41.8 Å². The van der Waals surface area contributed by atoms with E-state index >= 15 is 0 Å². The summed E-state index contributed by atoms with van der Waals surface area (Å²) in [5.41, 5.74) is -0.270. The van der Waals surface area contributed by atoms with Gasteiger partial charge in [-0.25, -0.2) is 4.98 Å². The molecule has 0 radical (unpaired) electrons. The van der Waals surface area contributed by atoms with E-state index in [9.17, 15) is 10.1 Å². The van der Waals surface area contributed by atoms with Crippen LogP contribution in [0.4, 0.5) is 11.5 Å². The Kier molecular flexibility index (Phi) is 5.94. The minimum atomic E-state index is -0.573. The molecule has 1 aromatic rings. The first-order valence-corrected chi connectivity index (χ1v) is 5.91. The average molecular weight is 270 g/mol. The van der Waals surface area contributed by atoms with Gasteiger partial charge in [0, 0.05) is 13.2 Å². The third-order valence-electron chi connectivity index (χ3n) is 2.15. The van der Waals surface area contributed by atoms with Gasteiger partial charge in [-0.1, -0.05) is 13.8 Å². The van der Waals surface area contributed by atoms with Crippen LogP contribution in [0.3, 0.4) is 0 Å². The molecule has 0 aromatic carbocycles. The standard InChI is InChI=1S/C11H18N4O4/c1-8(2)6-19-5-4-12-10-9(15(16)17)11(18-3)14-7-13-10/h7-8H,4-6H2,1-3H3,(H,12,13,14). The van der Waals surface area contributed by atoms with Gasteiger partial charge in [0.1, 0.15) is 6.33 Å². The molecule has 1 aromatic heterocycles. The number of anilines is 1. The van der Waals surface area contributed by atoms with Gasteiger partial charge in [-0.15, -0.1) is 0 Å². The maximum Gasteiger partial charge on any atom is 0.372 e. The molecule has 0 atom stereocenters. The van der Waals surface area contributed by atoms with E-state index < -0.39 is 4.92 Å². The Balaban J connectivity index is 2.60. The summed E-state index contributed by atoms with van der Waals surface area (Å²) in [4.78, 5) is 17.9. The van der Waals surface area contributed by atoms with Crippen molar-refractivity contribution in [2.45, 2.75) is 13.8 Å². The molecule has 0 aliphatic carbocycles. The molecule has 1 N–H and O–H groups in total. The van der Waals surface area contributed by atoms with Crippen molar-refractivity contribution in [3.63, 3.8) is 0 Å². The number of nitrogens with zero attached hydrogens (tertiary/aromatic N) is 3. The fourth-order valence-corrected chi connectivity index (χ4v) is 1.37. The van der Waals surface area contributed by atoms with Gasteiger partial charge in [-0.2, -0.15) is 4.98 Å². The normalized spacial score (nSPS) is 10.5. The molecular formula is C11H18N4O4. The predicted octanol–water partition coefficient (Wildman–Crippen LogP) is 1.48. The van der Waals surface area contributed by atoms with Crippen molar-refractivity contribution in [2.75, 3.05) is 32.2 Å². The second-order valence-corrected chi connectivity index (χ2v) is 4.23. The molecule has 0 fully saturated rings. The Labute approximate surface area is 111 Å². The topological polar surface area (TPSA) is 99.4 Å². The highest BCUT2D eigenvalue weighted by atomic mass is 16.6. The SMILES string of the molecule is COc1ncnc(NCCOCC(C)C)c1[N+](=O)[O-]. The molecule has 0 amide bonds. The van der Waals surface area contributed by atoms with Gasteiger partial charge in [0.15, 0.2) is 0 Å². The summed E-state index contributed by atoms with van der Waals surface area (Å²) in [5.74, 6) is 0.518. The molecule has 0 saturated carbocycles. The summed E-state index contributed by atoms with van der Waals surface area (Å²) < 4.78 is 10.2. The second-order valence-electron chi connectivity index (χ2n) is 4.23. The van der Waals surface area contributed by atoms with Crippen LogP contribution in [0.1, 0.15) is 13.8 Å². The monoisotopic (exact) mass is 270 g/mol. The summed E-state index contributed by atoms with van der Waals surface area (Å²) in [5, 5.41) is 13.8. The zero-order chi connectivity index (χ0) is 14.3.